The van der Waals surface area contributed by atoms with Gasteiger partial charge in [-0.05, 0) is 19.9 Å². The summed E-state index contributed by atoms with van der Waals surface area (Å²) in [4.78, 5) is 0. The first-order valence-electron chi connectivity index (χ1n) is 6.11. The number of nitrogens with one attached hydrogen (secondary N) is 1. The zero-order valence-corrected chi connectivity index (χ0v) is 9.94. The van der Waals surface area contributed by atoms with Crippen molar-refractivity contribution < 1.29 is 4.52 Å². The number of hydrogen-bond donors (Lipinski definition) is 1. The average Bonchev–Trinajstić information content (AvgIpc) is 2.83. The van der Waals surface area contributed by atoms with Crippen LogP contribution in [0, 0.1) is 0 Å². The molecule has 0 spiro atoms. The lowest BCUT2D eigenvalue weighted by Crippen LogP contribution is -2.21. The molecule has 0 bridgehead atoms. The highest BCUT2D eigenvalue weighted by Gasteiger charge is 2.27. The first-order chi connectivity index (χ1) is 8.40. The molecule has 88 valence electrons. The molecule has 1 atom stereocenters. The summed E-state index contributed by atoms with van der Waals surface area (Å²) < 4.78 is 5.48. The van der Waals surface area contributed by atoms with E-state index in [0.29, 0.717) is 6.04 Å². The van der Waals surface area contributed by atoms with Gasteiger partial charge in [0.15, 0.2) is 0 Å². The van der Waals surface area contributed by atoms with E-state index in [4.69, 9.17) is 4.52 Å². The maximum atomic E-state index is 5.48. The third-order valence-electron chi connectivity index (χ3n) is 3.44. The molecule has 0 saturated carbocycles. The third kappa shape index (κ3) is 1.76. The van der Waals surface area contributed by atoms with E-state index in [0.717, 1.165) is 29.9 Å². The number of aryl methyl sites for hydroxylation is 1. The van der Waals surface area contributed by atoms with Crippen LogP contribution in [0.1, 0.15) is 30.2 Å². The number of hydrogen-bond acceptors (Lipinski definition) is 3. The van der Waals surface area contributed by atoms with Crippen LogP contribution in [0.25, 0.3) is 11.3 Å². The minimum absolute atomic E-state index is 0.375. The summed E-state index contributed by atoms with van der Waals surface area (Å²) in [6.07, 6.45) is 3.33. The summed E-state index contributed by atoms with van der Waals surface area (Å²) in [5, 5.41) is 7.61. The second-order valence-electron chi connectivity index (χ2n) is 4.47. The van der Waals surface area contributed by atoms with E-state index in [1.165, 1.54) is 12.0 Å². The Hall–Kier alpha value is -1.61. The van der Waals surface area contributed by atoms with E-state index in [9.17, 15) is 0 Å². The maximum Gasteiger partial charge on any atom is 0.142 e. The Morgan fingerprint density at radius 3 is 2.88 bits per heavy atom. The van der Waals surface area contributed by atoms with Gasteiger partial charge in [0.2, 0.25) is 0 Å². The summed E-state index contributed by atoms with van der Waals surface area (Å²) in [5.41, 5.74) is 3.39. The van der Waals surface area contributed by atoms with Gasteiger partial charge in [0.1, 0.15) is 11.5 Å². The summed E-state index contributed by atoms with van der Waals surface area (Å²) in [6.45, 7) is 0. The zero-order valence-electron chi connectivity index (χ0n) is 9.94. The maximum absolute atomic E-state index is 5.48. The van der Waals surface area contributed by atoms with Crippen LogP contribution in [0.5, 0.6) is 0 Å². The van der Waals surface area contributed by atoms with Gasteiger partial charge in [-0.3, -0.25) is 0 Å². The van der Waals surface area contributed by atoms with Crippen molar-refractivity contribution in [2.24, 2.45) is 0 Å². The molecule has 1 aromatic heterocycles. The standard InChI is InChI=1S/C14H16N2O/c1-15-11-8-5-9-12-13(11)14(16-17-12)10-6-3-2-4-7-10/h2-4,6-7,11,15H,5,8-9H2,1H3. The first kappa shape index (κ1) is 10.5. The van der Waals surface area contributed by atoms with Crippen LogP contribution in [0.2, 0.25) is 0 Å². The fourth-order valence-electron chi connectivity index (χ4n) is 2.57. The molecule has 1 aliphatic rings. The van der Waals surface area contributed by atoms with Crippen LogP contribution >= 0.6 is 0 Å². The molecule has 0 amide bonds. The van der Waals surface area contributed by atoms with Gasteiger partial charge in [-0.25, -0.2) is 0 Å². The minimum Gasteiger partial charge on any atom is -0.360 e. The molecular weight excluding hydrogens is 212 g/mol. The van der Waals surface area contributed by atoms with Gasteiger partial charge in [0, 0.05) is 23.6 Å². The highest BCUT2D eigenvalue weighted by atomic mass is 16.5. The Balaban J connectivity index is 2.10. The molecule has 0 saturated heterocycles. The van der Waals surface area contributed by atoms with E-state index in [1.54, 1.807) is 0 Å². The first-order valence-corrected chi connectivity index (χ1v) is 6.11. The van der Waals surface area contributed by atoms with Crippen molar-refractivity contribution >= 4 is 0 Å². The number of aromatic nitrogens is 1. The van der Waals surface area contributed by atoms with Crippen molar-refractivity contribution in [1.29, 1.82) is 0 Å². The van der Waals surface area contributed by atoms with Crippen molar-refractivity contribution in [3.8, 4) is 11.3 Å². The van der Waals surface area contributed by atoms with Crippen LogP contribution in [0.3, 0.4) is 0 Å². The van der Waals surface area contributed by atoms with E-state index >= 15 is 0 Å². The number of fused-ring (bicyclic) bond motifs is 1. The lowest BCUT2D eigenvalue weighted by molar-refractivity contribution is 0.360. The fourth-order valence-corrected chi connectivity index (χ4v) is 2.57. The predicted octanol–water partition coefficient (Wildman–Crippen LogP) is 2.94. The molecule has 1 aromatic carbocycles. The smallest absolute Gasteiger partial charge is 0.142 e. The molecule has 0 radical (unpaired) electrons. The summed E-state index contributed by atoms with van der Waals surface area (Å²) in [5.74, 6) is 1.05. The molecule has 2 aromatic rings. The van der Waals surface area contributed by atoms with Crippen LogP contribution in [0.4, 0.5) is 0 Å². The molecule has 0 aliphatic heterocycles. The molecule has 1 heterocycles. The second-order valence-corrected chi connectivity index (χ2v) is 4.47. The van der Waals surface area contributed by atoms with Gasteiger partial charge < -0.3 is 9.84 Å². The number of rotatable bonds is 2. The number of nitrogens with zero attached hydrogens (tertiary/aromatic N) is 1. The lowest BCUT2D eigenvalue weighted by atomic mass is 9.90. The highest BCUT2D eigenvalue weighted by molar-refractivity contribution is 5.64. The van der Waals surface area contributed by atoms with Crippen molar-refractivity contribution in [2.75, 3.05) is 7.05 Å². The van der Waals surface area contributed by atoms with E-state index in [1.807, 2.05) is 25.2 Å². The number of benzene rings is 1. The monoisotopic (exact) mass is 228 g/mol. The second kappa shape index (κ2) is 4.34. The Bertz CT molecular complexity index is 504. The fraction of sp³-hybridized carbons (Fsp3) is 0.357. The van der Waals surface area contributed by atoms with Crippen LogP contribution in [-0.4, -0.2) is 12.2 Å². The van der Waals surface area contributed by atoms with Gasteiger partial charge in [0.05, 0.1) is 0 Å². The quantitative estimate of drug-likeness (QED) is 0.858. The summed E-state index contributed by atoms with van der Waals surface area (Å²) >= 11 is 0. The molecule has 17 heavy (non-hydrogen) atoms. The third-order valence-corrected chi connectivity index (χ3v) is 3.44. The molecule has 1 unspecified atom stereocenters. The minimum atomic E-state index is 0.375. The van der Waals surface area contributed by atoms with Gasteiger partial charge in [-0.2, -0.15) is 0 Å². The molecule has 1 N–H and O–H groups in total. The molecular formula is C14H16N2O. The highest BCUT2D eigenvalue weighted by Crippen LogP contribution is 2.36. The van der Waals surface area contributed by atoms with Crippen LogP contribution < -0.4 is 5.32 Å². The van der Waals surface area contributed by atoms with Gasteiger partial charge in [-0.15, -0.1) is 0 Å². The van der Waals surface area contributed by atoms with E-state index < -0.39 is 0 Å². The Labute approximate surface area is 101 Å². The molecule has 3 nitrogen and oxygen atoms in total. The van der Waals surface area contributed by atoms with Crippen LogP contribution in [-0.2, 0) is 6.42 Å². The van der Waals surface area contributed by atoms with Gasteiger partial charge >= 0.3 is 0 Å². The Morgan fingerprint density at radius 1 is 1.29 bits per heavy atom. The van der Waals surface area contributed by atoms with Crippen molar-refractivity contribution in [2.45, 2.75) is 25.3 Å². The lowest BCUT2D eigenvalue weighted by Gasteiger charge is -2.21. The normalized spacial score (nSPS) is 19.0. The average molecular weight is 228 g/mol. The predicted molar refractivity (Wildman–Crippen MR) is 66.7 cm³/mol. The molecule has 0 fully saturated rings. The van der Waals surface area contributed by atoms with Crippen LogP contribution in [0.15, 0.2) is 34.9 Å². The van der Waals surface area contributed by atoms with E-state index in [-0.39, 0.29) is 0 Å². The molecule has 1 aliphatic carbocycles. The largest absolute Gasteiger partial charge is 0.360 e. The summed E-state index contributed by atoms with van der Waals surface area (Å²) in [6, 6.07) is 10.6. The van der Waals surface area contributed by atoms with Crippen molar-refractivity contribution in [3.05, 3.63) is 41.7 Å². The SMILES string of the molecule is CNC1CCCc2onc(-c3ccccc3)c21. The van der Waals surface area contributed by atoms with Crippen molar-refractivity contribution in [1.82, 2.24) is 10.5 Å². The van der Waals surface area contributed by atoms with Crippen molar-refractivity contribution in [3.63, 3.8) is 0 Å². The molecule has 3 heteroatoms. The van der Waals surface area contributed by atoms with E-state index in [2.05, 4.69) is 22.6 Å². The zero-order chi connectivity index (χ0) is 11.7. The van der Waals surface area contributed by atoms with Gasteiger partial charge in [0.25, 0.3) is 0 Å². The molecule has 3 rings (SSSR count). The topological polar surface area (TPSA) is 38.1 Å². The Morgan fingerprint density at radius 2 is 2.12 bits per heavy atom. The summed E-state index contributed by atoms with van der Waals surface area (Å²) in [7, 11) is 2.00. The van der Waals surface area contributed by atoms with Gasteiger partial charge in [-0.1, -0.05) is 35.5 Å². The Kier molecular flexibility index (Phi) is 2.69.